The number of para-hydroxylation sites is 1. The van der Waals surface area contributed by atoms with Crippen molar-refractivity contribution in [3.63, 3.8) is 0 Å². The summed E-state index contributed by atoms with van der Waals surface area (Å²) in [5.41, 5.74) is 3.91. The number of rotatable bonds is 9. The SMILES string of the molecule is Cc1ccccc1OCC(=O)N[C@H](CC(C)C)C(=O)N/N=C\c1c(O)ccc2ccccc12. The van der Waals surface area contributed by atoms with E-state index in [4.69, 9.17) is 4.74 Å². The van der Waals surface area contributed by atoms with Gasteiger partial charge in [-0.25, -0.2) is 5.43 Å². The van der Waals surface area contributed by atoms with E-state index in [9.17, 15) is 14.7 Å². The van der Waals surface area contributed by atoms with E-state index in [-0.39, 0.29) is 18.3 Å². The van der Waals surface area contributed by atoms with Crippen molar-refractivity contribution in [3.05, 3.63) is 71.8 Å². The molecule has 0 heterocycles. The average Bonchev–Trinajstić information content (AvgIpc) is 2.79. The van der Waals surface area contributed by atoms with Gasteiger partial charge >= 0.3 is 0 Å². The third-order valence-electron chi connectivity index (χ3n) is 5.13. The molecule has 3 aromatic rings. The molecule has 172 valence electrons. The van der Waals surface area contributed by atoms with Crippen LogP contribution in [0, 0.1) is 12.8 Å². The fourth-order valence-electron chi connectivity index (χ4n) is 3.46. The van der Waals surface area contributed by atoms with Crippen molar-refractivity contribution in [2.24, 2.45) is 11.0 Å². The number of phenols is 1. The van der Waals surface area contributed by atoms with Crippen molar-refractivity contribution in [2.45, 2.75) is 33.2 Å². The topological polar surface area (TPSA) is 100 Å². The van der Waals surface area contributed by atoms with Crippen LogP contribution in [0.1, 0.15) is 31.4 Å². The summed E-state index contributed by atoms with van der Waals surface area (Å²) >= 11 is 0. The summed E-state index contributed by atoms with van der Waals surface area (Å²) in [4.78, 5) is 25.2. The van der Waals surface area contributed by atoms with Crippen LogP contribution in [0.25, 0.3) is 10.8 Å². The van der Waals surface area contributed by atoms with Gasteiger partial charge in [0, 0.05) is 5.56 Å². The molecule has 0 radical (unpaired) electrons. The number of nitrogens with zero attached hydrogens (tertiary/aromatic N) is 1. The third kappa shape index (κ3) is 6.55. The maximum atomic E-state index is 12.7. The number of hydrogen-bond acceptors (Lipinski definition) is 5. The van der Waals surface area contributed by atoms with Crippen LogP contribution >= 0.6 is 0 Å². The van der Waals surface area contributed by atoms with E-state index in [1.807, 2.05) is 69.3 Å². The number of hydrogen-bond donors (Lipinski definition) is 3. The maximum absolute atomic E-state index is 12.7. The molecule has 3 N–H and O–H groups in total. The lowest BCUT2D eigenvalue weighted by Gasteiger charge is -2.19. The molecule has 0 aliphatic carbocycles. The summed E-state index contributed by atoms with van der Waals surface area (Å²) in [5.74, 6) is 0.0205. The summed E-state index contributed by atoms with van der Waals surface area (Å²) in [6, 6.07) is 17.6. The zero-order chi connectivity index (χ0) is 23.8. The Morgan fingerprint density at radius 1 is 1.06 bits per heavy atom. The first-order valence-corrected chi connectivity index (χ1v) is 10.9. The number of carbonyl (C=O) groups is 2. The number of aromatic hydroxyl groups is 1. The molecule has 0 spiro atoms. The van der Waals surface area contributed by atoms with Crippen LogP contribution in [0.15, 0.2) is 65.8 Å². The Bertz CT molecular complexity index is 1160. The molecule has 7 heteroatoms. The van der Waals surface area contributed by atoms with E-state index in [2.05, 4.69) is 15.8 Å². The smallest absolute Gasteiger partial charge is 0.262 e. The molecule has 0 aliphatic heterocycles. The fourth-order valence-corrected chi connectivity index (χ4v) is 3.46. The lowest BCUT2D eigenvalue weighted by atomic mass is 10.0. The molecule has 0 saturated heterocycles. The summed E-state index contributed by atoms with van der Waals surface area (Å²) in [7, 11) is 0. The van der Waals surface area contributed by atoms with E-state index < -0.39 is 17.9 Å². The molecule has 1 atom stereocenters. The van der Waals surface area contributed by atoms with Crippen LogP contribution in [-0.2, 0) is 9.59 Å². The lowest BCUT2D eigenvalue weighted by molar-refractivity contribution is -0.130. The molecule has 0 aromatic heterocycles. The summed E-state index contributed by atoms with van der Waals surface area (Å²) in [5, 5.41) is 18.7. The van der Waals surface area contributed by atoms with E-state index in [1.54, 1.807) is 12.1 Å². The summed E-state index contributed by atoms with van der Waals surface area (Å²) in [6.07, 6.45) is 1.85. The highest BCUT2D eigenvalue weighted by molar-refractivity contribution is 6.02. The maximum Gasteiger partial charge on any atom is 0.262 e. The van der Waals surface area contributed by atoms with Crippen LogP contribution in [0.2, 0.25) is 0 Å². The molecule has 0 saturated carbocycles. The summed E-state index contributed by atoms with van der Waals surface area (Å²) in [6.45, 7) is 5.63. The quantitative estimate of drug-likeness (QED) is 0.342. The standard InChI is InChI=1S/C26H29N3O4/c1-17(2)14-22(28-25(31)16-33-24-11-7-4-8-18(24)3)26(32)29-27-15-21-20-10-6-5-9-19(20)12-13-23(21)30/h4-13,15,17,22,30H,14,16H2,1-3H3,(H,28,31)(H,29,32)/b27-15-/t22-/m1/s1. The molecule has 0 bridgehead atoms. The van der Waals surface area contributed by atoms with Gasteiger partial charge in [-0.1, -0.05) is 62.4 Å². The zero-order valence-corrected chi connectivity index (χ0v) is 19.0. The van der Waals surface area contributed by atoms with Gasteiger partial charge in [-0.3, -0.25) is 9.59 Å². The van der Waals surface area contributed by atoms with Crippen molar-refractivity contribution in [1.82, 2.24) is 10.7 Å². The summed E-state index contributed by atoms with van der Waals surface area (Å²) < 4.78 is 5.58. The molecular weight excluding hydrogens is 418 g/mol. The predicted molar refractivity (Wildman–Crippen MR) is 129 cm³/mol. The lowest BCUT2D eigenvalue weighted by Crippen LogP contribution is -2.47. The molecule has 0 fully saturated rings. The molecule has 3 rings (SSSR count). The van der Waals surface area contributed by atoms with Crippen LogP contribution in [-0.4, -0.2) is 35.8 Å². The zero-order valence-electron chi connectivity index (χ0n) is 19.0. The molecule has 0 aliphatic rings. The fraction of sp³-hybridized carbons (Fsp3) is 0.269. The van der Waals surface area contributed by atoms with Gasteiger partial charge in [0.2, 0.25) is 0 Å². The van der Waals surface area contributed by atoms with E-state index in [0.717, 1.165) is 16.3 Å². The Balaban J connectivity index is 1.64. The molecule has 33 heavy (non-hydrogen) atoms. The van der Waals surface area contributed by atoms with Crippen LogP contribution in [0.4, 0.5) is 0 Å². The average molecular weight is 448 g/mol. The van der Waals surface area contributed by atoms with E-state index >= 15 is 0 Å². The Kier molecular flexibility index (Phi) is 8.02. The van der Waals surface area contributed by atoms with Gasteiger partial charge in [-0.15, -0.1) is 0 Å². The highest BCUT2D eigenvalue weighted by atomic mass is 16.5. The van der Waals surface area contributed by atoms with Crippen molar-refractivity contribution in [2.75, 3.05) is 6.61 Å². The van der Waals surface area contributed by atoms with Crippen LogP contribution < -0.4 is 15.5 Å². The normalized spacial score (nSPS) is 12.1. The predicted octanol–water partition coefficient (Wildman–Crippen LogP) is 3.91. The number of fused-ring (bicyclic) bond motifs is 1. The highest BCUT2D eigenvalue weighted by Gasteiger charge is 2.22. The number of aryl methyl sites for hydroxylation is 1. The molecule has 0 unspecified atom stereocenters. The Labute approximate surface area is 193 Å². The van der Waals surface area contributed by atoms with Gasteiger partial charge in [0.05, 0.1) is 6.21 Å². The number of nitrogens with one attached hydrogen (secondary N) is 2. The van der Waals surface area contributed by atoms with Gasteiger partial charge in [0.25, 0.3) is 11.8 Å². The minimum absolute atomic E-state index is 0.0621. The first kappa shape index (κ1) is 23.8. The van der Waals surface area contributed by atoms with Gasteiger partial charge in [0.1, 0.15) is 17.5 Å². The van der Waals surface area contributed by atoms with Crippen LogP contribution in [0.3, 0.4) is 0 Å². The molecular formula is C26H29N3O4. The highest BCUT2D eigenvalue weighted by Crippen LogP contribution is 2.25. The Hall–Kier alpha value is -3.87. The second-order valence-corrected chi connectivity index (χ2v) is 8.26. The monoisotopic (exact) mass is 447 g/mol. The number of benzene rings is 3. The van der Waals surface area contributed by atoms with Crippen molar-refractivity contribution in [1.29, 1.82) is 0 Å². The number of phenolic OH excluding ortho intramolecular Hbond substituents is 1. The molecule has 3 aromatic carbocycles. The second kappa shape index (κ2) is 11.1. The molecule has 7 nitrogen and oxygen atoms in total. The van der Waals surface area contributed by atoms with E-state index in [0.29, 0.717) is 17.7 Å². The van der Waals surface area contributed by atoms with Gasteiger partial charge in [-0.05, 0) is 47.7 Å². The van der Waals surface area contributed by atoms with Crippen LogP contribution in [0.5, 0.6) is 11.5 Å². The second-order valence-electron chi connectivity index (χ2n) is 8.26. The minimum atomic E-state index is -0.767. The van der Waals surface area contributed by atoms with Crippen molar-refractivity contribution >= 4 is 28.8 Å². The van der Waals surface area contributed by atoms with Gasteiger partial charge in [0.15, 0.2) is 6.61 Å². The van der Waals surface area contributed by atoms with E-state index in [1.165, 1.54) is 6.21 Å². The van der Waals surface area contributed by atoms with Crippen molar-refractivity contribution in [3.8, 4) is 11.5 Å². The Morgan fingerprint density at radius 3 is 2.55 bits per heavy atom. The third-order valence-corrected chi connectivity index (χ3v) is 5.13. The minimum Gasteiger partial charge on any atom is -0.507 e. The first-order chi connectivity index (χ1) is 15.8. The van der Waals surface area contributed by atoms with Gasteiger partial charge in [-0.2, -0.15) is 5.10 Å². The largest absolute Gasteiger partial charge is 0.507 e. The van der Waals surface area contributed by atoms with Crippen molar-refractivity contribution < 1.29 is 19.4 Å². The van der Waals surface area contributed by atoms with Gasteiger partial charge < -0.3 is 15.2 Å². The number of carbonyl (C=O) groups excluding carboxylic acids is 2. The number of hydrazone groups is 1. The number of ether oxygens (including phenoxy) is 1. The first-order valence-electron chi connectivity index (χ1n) is 10.9. The number of amides is 2. The Morgan fingerprint density at radius 2 is 1.79 bits per heavy atom. The molecule has 2 amide bonds.